The SMILES string of the molecule is CC[C@@H]1CN(C)c2ccccc2CN1Cc1nnc(C)n1C. The third-order valence-corrected chi connectivity index (χ3v) is 4.78. The van der Waals surface area contributed by atoms with Gasteiger partial charge in [0.15, 0.2) is 0 Å². The molecule has 2 aromatic rings. The molecule has 0 N–H and O–H groups in total. The second-order valence-electron chi connectivity index (χ2n) is 6.20. The first-order valence-corrected chi connectivity index (χ1v) is 7.98. The van der Waals surface area contributed by atoms with Gasteiger partial charge in [-0.1, -0.05) is 25.1 Å². The highest BCUT2D eigenvalue weighted by molar-refractivity contribution is 5.54. The van der Waals surface area contributed by atoms with Crippen LogP contribution in [0, 0.1) is 6.92 Å². The van der Waals surface area contributed by atoms with E-state index < -0.39 is 0 Å². The zero-order chi connectivity index (χ0) is 15.7. The van der Waals surface area contributed by atoms with Gasteiger partial charge in [0, 0.05) is 38.9 Å². The van der Waals surface area contributed by atoms with Crippen molar-refractivity contribution in [3.8, 4) is 0 Å². The van der Waals surface area contributed by atoms with E-state index in [1.165, 1.54) is 11.3 Å². The average Bonchev–Trinajstić information content (AvgIpc) is 2.77. The van der Waals surface area contributed by atoms with Gasteiger partial charge in [0.1, 0.15) is 11.6 Å². The van der Waals surface area contributed by atoms with Crippen molar-refractivity contribution in [2.75, 3.05) is 18.5 Å². The fraction of sp³-hybridized carbons (Fsp3) is 0.529. The van der Waals surface area contributed by atoms with Crippen molar-refractivity contribution in [3.63, 3.8) is 0 Å². The van der Waals surface area contributed by atoms with Crippen LogP contribution in [0.3, 0.4) is 0 Å². The van der Waals surface area contributed by atoms with Gasteiger partial charge in [-0.2, -0.15) is 0 Å². The highest BCUT2D eigenvalue weighted by Gasteiger charge is 2.26. The maximum absolute atomic E-state index is 4.34. The predicted molar refractivity (Wildman–Crippen MR) is 88.8 cm³/mol. The highest BCUT2D eigenvalue weighted by Crippen LogP contribution is 2.27. The smallest absolute Gasteiger partial charge is 0.146 e. The van der Waals surface area contributed by atoms with Crippen LogP contribution in [0.25, 0.3) is 0 Å². The molecule has 0 amide bonds. The van der Waals surface area contributed by atoms with Crippen LogP contribution in [0.4, 0.5) is 5.69 Å². The Morgan fingerprint density at radius 3 is 2.64 bits per heavy atom. The van der Waals surface area contributed by atoms with Crippen LogP contribution in [0.2, 0.25) is 0 Å². The quantitative estimate of drug-likeness (QED) is 0.872. The van der Waals surface area contributed by atoms with Crippen LogP contribution in [0.5, 0.6) is 0 Å². The fourth-order valence-electron chi connectivity index (χ4n) is 3.24. The minimum absolute atomic E-state index is 0.523. The molecule has 0 spiro atoms. The van der Waals surface area contributed by atoms with Crippen molar-refractivity contribution in [2.45, 2.75) is 39.4 Å². The Labute approximate surface area is 132 Å². The van der Waals surface area contributed by atoms with Crippen molar-refractivity contribution in [2.24, 2.45) is 7.05 Å². The second-order valence-corrected chi connectivity index (χ2v) is 6.20. The lowest BCUT2D eigenvalue weighted by molar-refractivity contribution is 0.175. The van der Waals surface area contributed by atoms with Crippen LogP contribution < -0.4 is 4.90 Å². The summed E-state index contributed by atoms with van der Waals surface area (Å²) in [6, 6.07) is 9.23. The van der Waals surface area contributed by atoms with Gasteiger partial charge < -0.3 is 9.47 Å². The zero-order valence-electron chi connectivity index (χ0n) is 14.0. The molecule has 0 aliphatic carbocycles. The third kappa shape index (κ3) is 2.73. The number of aromatic nitrogens is 3. The monoisotopic (exact) mass is 299 g/mol. The highest BCUT2D eigenvalue weighted by atomic mass is 15.3. The van der Waals surface area contributed by atoms with E-state index in [1.807, 2.05) is 14.0 Å². The minimum Gasteiger partial charge on any atom is -0.373 e. The van der Waals surface area contributed by atoms with E-state index in [-0.39, 0.29) is 0 Å². The number of aryl methyl sites for hydroxylation is 1. The predicted octanol–water partition coefficient (Wildman–Crippen LogP) is 2.35. The lowest BCUT2D eigenvalue weighted by Crippen LogP contribution is -2.40. The van der Waals surface area contributed by atoms with Crippen LogP contribution in [-0.4, -0.2) is 39.3 Å². The summed E-state index contributed by atoms with van der Waals surface area (Å²) in [5, 5.41) is 8.53. The summed E-state index contributed by atoms with van der Waals surface area (Å²) in [6.07, 6.45) is 1.13. The zero-order valence-corrected chi connectivity index (χ0v) is 14.0. The largest absolute Gasteiger partial charge is 0.373 e. The molecule has 2 heterocycles. The third-order valence-electron chi connectivity index (χ3n) is 4.78. The van der Waals surface area contributed by atoms with Crippen molar-refractivity contribution in [1.82, 2.24) is 19.7 Å². The molecule has 0 radical (unpaired) electrons. The Hall–Kier alpha value is -1.88. The molecule has 0 unspecified atom stereocenters. The summed E-state index contributed by atoms with van der Waals surface area (Å²) in [6.45, 7) is 7.12. The Balaban J connectivity index is 1.90. The molecule has 5 heteroatoms. The van der Waals surface area contributed by atoms with Crippen LogP contribution >= 0.6 is 0 Å². The summed E-state index contributed by atoms with van der Waals surface area (Å²) in [7, 11) is 4.24. The maximum Gasteiger partial charge on any atom is 0.146 e. The number of nitrogens with zero attached hydrogens (tertiary/aromatic N) is 5. The second kappa shape index (κ2) is 6.08. The maximum atomic E-state index is 4.34. The normalized spacial score (nSPS) is 19.1. The summed E-state index contributed by atoms with van der Waals surface area (Å²) >= 11 is 0. The number of fused-ring (bicyclic) bond motifs is 1. The standard InChI is InChI=1S/C17H25N5/c1-5-15-11-20(3)16-9-7-6-8-14(16)10-22(15)12-17-19-18-13(2)21(17)4/h6-9,15H,5,10-12H2,1-4H3/t15-/m1/s1. The van der Waals surface area contributed by atoms with Crippen molar-refractivity contribution < 1.29 is 0 Å². The lowest BCUT2D eigenvalue weighted by Gasteiger charge is -2.30. The van der Waals surface area contributed by atoms with E-state index in [2.05, 4.69) is 62.8 Å². The van der Waals surface area contributed by atoms with Gasteiger partial charge in [-0.05, 0) is 25.0 Å². The molecule has 118 valence electrons. The molecule has 0 saturated heterocycles. The molecule has 1 aromatic heterocycles. The van der Waals surface area contributed by atoms with Crippen molar-refractivity contribution in [1.29, 1.82) is 0 Å². The Morgan fingerprint density at radius 2 is 1.95 bits per heavy atom. The molecule has 0 fully saturated rings. The summed E-state index contributed by atoms with van der Waals surface area (Å²) in [5.74, 6) is 2.01. The molecule has 0 saturated carbocycles. The van der Waals surface area contributed by atoms with E-state index >= 15 is 0 Å². The van der Waals surface area contributed by atoms with Gasteiger partial charge >= 0.3 is 0 Å². The number of benzene rings is 1. The van der Waals surface area contributed by atoms with Crippen LogP contribution in [-0.2, 0) is 20.1 Å². The number of para-hydroxylation sites is 1. The van der Waals surface area contributed by atoms with Gasteiger partial charge in [-0.15, -0.1) is 10.2 Å². The topological polar surface area (TPSA) is 37.2 Å². The van der Waals surface area contributed by atoms with E-state index in [1.54, 1.807) is 0 Å². The molecule has 5 nitrogen and oxygen atoms in total. The fourth-order valence-corrected chi connectivity index (χ4v) is 3.24. The summed E-state index contributed by atoms with van der Waals surface area (Å²) in [4.78, 5) is 4.91. The van der Waals surface area contributed by atoms with Crippen LogP contribution in [0.15, 0.2) is 24.3 Å². The average molecular weight is 299 g/mol. The summed E-state index contributed by atoms with van der Waals surface area (Å²) in [5.41, 5.74) is 2.73. The Morgan fingerprint density at radius 1 is 1.18 bits per heavy atom. The first-order chi connectivity index (χ1) is 10.6. The van der Waals surface area contributed by atoms with Gasteiger partial charge in [0.2, 0.25) is 0 Å². The molecule has 0 bridgehead atoms. The molecule has 22 heavy (non-hydrogen) atoms. The Bertz CT molecular complexity index is 648. The molecular weight excluding hydrogens is 274 g/mol. The molecule has 1 atom stereocenters. The van der Waals surface area contributed by atoms with E-state index in [0.29, 0.717) is 6.04 Å². The number of likely N-dealkylation sites (N-methyl/N-ethyl adjacent to an activating group) is 1. The van der Waals surface area contributed by atoms with E-state index in [4.69, 9.17) is 0 Å². The van der Waals surface area contributed by atoms with Crippen molar-refractivity contribution in [3.05, 3.63) is 41.5 Å². The molecule has 1 aliphatic rings. The van der Waals surface area contributed by atoms with E-state index in [0.717, 1.165) is 37.7 Å². The van der Waals surface area contributed by atoms with Gasteiger partial charge in [-0.25, -0.2) is 0 Å². The molecule has 1 aliphatic heterocycles. The molecule has 3 rings (SSSR count). The first-order valence-electron chi connectivity index (χ1n) is 7.98. The van der Waals surface area contributed by atoms with Crippen molar-refractivity contribution >= 4 is 5.69 Å². The molecule has 1 aromatic carbocycles. The van der Waals surface area contributed by atoms with Crippen LogP contribution in [0.1, 0.15) is 30.6 Å². The van der Waals surface area contributed by atoms with Gasteiger partial charge in [-0.3, -0.25) is 4.90 Å². The number of anilines is 1. The number of rotatable bonds is 3. The van der Waals surface area contributed by atoms with Gasteiger partial charge in [0.25, 0.3) is 0 Å². The molecular formula is C17H25N5. The lowest BCUT2D eigenvalue weighted by atomic mass is 10.1. The first kappa shape index (κ1) is 15.0. The van der Waals surface area contributed by atoms with E-state index in [9.17, 15) is 0 Å². The Kier molecular flexibility index (Phi) is 4.16. The van der Waals surface area contributed by atoms with Gasteiger partial charge in [0.05, 0.1) is 6.54 Å². The number of hydrogen-bond donors (Lipinski definition) is 0. The summed E-state index contributed by atoms with van der Waals surface area (Å²) < 4.78 is 2.09. The number of hydrogen-bond acceptors (Lipinski definition) is 4. The minimum atomic E-state index is 0.523.